The SMILES string of the molecule is CS(=O)c1ccc(-c2nc3ccc(Cl)cc3nc2-c2ccc(Cl)cc2)cc1. The highest BCUT2D eigenvalue weighted by Crippen LogP contribution is 2.32. The molecular weight excluding hydrogens is 399 g/mol. The van der Waals surface area contributed by atoms with Gasteiger partial charge in [0.05, 0.1) is 22.4 Å². The van der Waals surface area contributed by atoms with Crippen LogP contribution >= 0.6 is 23.2 Å². The van der Waals surface area contributed by atoms with Crippen molar-refractivity contribution in [2.75, 3.05) is 6.26 Å². The Kier molecular flexibility index (Phi) is 4.96. The van der Waals surface area contributed by atoms with Gasteiger partial charge in [-0.2, -0.15) is 0 Å². The second-order valence-electron chi connectivity index (χ2n) is 6.04. The van der Waals surface area contributed by atoms with Gasteiger partial charge in [0, 0.05) is 43.1 Å². The first-order valence-corrected chi connectivity index (χ1v) is 10.5. The van der Waals surface area contributed by atoms with E-state index >= 15 is 0 Å². The normalized spacial score (nSPS) is 12.3. The maximum Gasteiger partial charge on any atom is 0.0973 e. The van der Waals surface area contributed by atoms with E-state index in [0.29, 0.717) is 10.0 Å². The summed E-state index contributed by atoms with van der Waals surface area (Å²) in [6.07, 6.45) is 1.66. The Labute approximate surface area is 169 Å². The van der Waals surface area contributed by atoms with Gasteiger partial charge in [0.1, 0.15) is 0 Å². The standard InChI is InChI=1S/C21H14Cl2N2OS/c1-27(26)17-9-4-14(5-10-17)20-21(13-2-6-15(22)7-3-13)25-19-12-16(23)8-11-18(19)24-20/h2-12H,1H3. The van der Waals surface area contributed by atoms with E-state index in [0.717, 1.165) is 38.4 Å². The molecule has 0 radical (unpaired) electrons. The third-order valence-electron chi connectivity index (χ3n) is 4.20. The molecule has 6 heteroatoms. The number of halogens is 2. The summed E-state index contributed by atoms with van der Waals surface area (Å²) in [4.78, 5) is 10.4. The highest BCUT2D eigenvalue weighted by molar-refractivity contribution is 7.84. The average Bonchev–Trinajstić information content (AvgIpc) is 2.67. The molecule has 0 aliphatic rings. The molecule has 0 amide bonds. The van der Waals surface area contributed by atoms with Crippen LogP contribution in [-0.4, -0.2) is 20.4 Å². The summed E-state index contributed by atoms with van der Waals surface area (Å²) in [5.74, 6) is 0. The molecule has 0 saturated carbocycles. The summed E-state index contributed by atoms with van der Waals surface area (Å²) in [7, 11) is -1.03. The average molecular weight is 413 g/mol. The molecule has 0 saturated heterocycles. The Morgan fingerprint density at radius 3 is 1.81 bits per heavy atom. The number of benzene rings is 3. The lowest BCUT2D eigenvalue weighted by atomic mass is 10.0. The van der Waals surface area contributed by atoms with Crippen molar-refractivity contribution < 1.29 is 4.21 Å². The van der Waals surface area contributed by atoms with Crippen molar-refractivity contribution in [3.63, 3.8) is 0 Å². The molecule has 4 rings (SSSR count). The Hall–Kier alpha value is -2.27. The minimum absolute atomic E-state index is 0.612. The van der Waals surface area contributed by atoms with Crippen LogP contribution in [0.3, 0.4) is 0 Å². The topological polar surface area (TPSA) is 42.9 Å². The van der Waals surface area contributed by atoms with Crippen LogP contribution in [0.25, 0.3) is 33.5 Å². The van der Waals surface area contributed by atoms with E-state index in [2.05, 4.69) is 0 Å². The molecule has 0 bridgehead atoms. The fraction of sp³-hybridized carbons (Fsp3) is 0.0476. The van der Waals surface area contributed by atoms with E-state index in [1.165, 1.54) is 0 Å². The quantitative estimate of drug-likeness (QED) is 0.413. The Morgan fingerprint density at radius 1 is 0.704 bits per heavy atom. The van der Waals surface area contributed by atoms with E-state index < -0.39 is 10.8 Å². The van der Waals surface area contributed by atoms with Gasteiger partial charge in [-0.05, 0) is 42.5 Å². The lowest BCUT2D eigenvalue weighted by Gasteiger charge is -2.11. The molecule has 0 spiro atoms. The fourth-order valence-corrected chi connectivity index (χ4v) is 3.65. The van der Waals surface area contributed by atoms with Crippen LogP contribution < -0.4 is 0 Å². The van der Waals surface area contributed by atoms with Crippen LogP contribution in [0, 0.1) is 0 Å². The van der Waals surface area contributed by atoms with Crippen LogP contribution in [0.1, 0.15) is 0 Å². The van der Waals surface area contributed by atoms with E-state index in [1.54, 1.807) is 18.4 Å². The summed E-state index contributed by atoms with van der Waals surface area (Å²) in [5.41, 5.74) is 4.79. The van der Waals surface area contributed by atoms with Crippen LogP contribution in [0.4, 0.5) is 0 Å². The Morgan fingerprint density at radius 2 is 1.22 bits per heavy atom. The second kappa shape index (κ2) is 7.39. The number of rotatable bonds is 3. The highest BCUT2D eigenvalue weighted by atomic mass is 35.5. The zero-order valence-electron chi connectivity index (χ0n) is 14.3. The van der Waals surface area contributed by atoms with Crippen LogP contribution in [0.15, 0.2) is 71.6 Å². The van der Waals surface area contributed by atoms with Crippen molar-refractivity contribution >= 4 is 45.0 Å². The number of nitrogens with zero attached hydrogens (tertiary/aromatic N) is 2. The zero-order valence-corrected chi connectivity index (χ0v) is 16.6. The van der Waals surface area contributed by atoms with Crippen molar-refractivity contribution in [2.24, 2.45) is 0 Å². The van der Waals surface area contributed by atoms with Crippen molar-refractivity contribution in [3.8, 4) is 22.5 Å². The molecular formula is C21H14Cl2N2OS. The molecule has 4 aromatic rings. The van der Waals surface area contributed by atoms with Gasteiger partial charge in [0.2, 0.25) is 0 Å². The molecule has 134 valence electrons. The Balaban J connectivity index is 1.96. The maximum absolute atomic E-state index is 11.7. The molecule has 0 N–H and O–H groups in total. The molecule has 0 aliphatic heterocycles. The first-order chi connectivity index (χ1) is 13.0. The van der Waals surface area contributed by atoms with Gasteiger partial charge in [-0.25, -0.2) is 9.97 Å². The van der Waals surface area contributed by atoms with Gasteiger partial charge in [-0.15, -0.1) is 0 Å². The van der Waals surface area contributed by atoms with Gasteiger partial charge in [0.15, 0.2) is 0 Å². The van der Waals surface area contributed by atoms with Crippen LogP contribution in [0.2, 0.25) is 10.0 Å². The zero-order chi connectivity index (χ0) is 19.0. The van der Waals surface area contributed by atoms with Crippen LogP contribution in [-0.2, 0) is 10.8 Å². The summed E-state index contributed by atoms with van der Waals surface area (Å²) >= 11 is 12.2. The van der Waals surface area contributed by atoms with Crippen molar-refractivity contribution in [2.45, 2.75) is 4.90 Å². The van der Waals surface area contributed by atoms with Crippen molar-refractivity contribution in [1.29, 1.82) is 0 Å². The summed E-state index contributed by atoms with van der Waals surface area (Å²) < 4.78 is 11.7. The van der Waals surface area contributed by atoms with Gasteiger partial charge >= 0.3 is 0 Å². The predicted octanol–water partition coefficient (Wildman–Crippen LogP) is 6.01. The van der Waals surface area contributed by atoms with Crippen molar-refractivity contribution in [1.82, 2.24) is 9.97 Å². The smallest absolute Gasteiger partial charge is 0.0973 e. The molecule has 0 fully saturated rings. The monoisotopic (exact) mass is 412 g/mol. The minimum atomic E-state index is -1.03. The maximum atomic E-state index is 11.7. The Bertz CT molecular complexity index is 1160. The van der Waals surface area contributed by atoms with Crippen molar-refractivity contribution in [3.05, 3.63) is 76.8 Å². The minimum Gasteiger partial charge on any atom is -0.255 e. The molecule has 3 aromatic carbocycles. The molecule has 27 heavy (non-hydrogen) atoms. The lowest BCUT2D eigenvalue weighted by molar-refractivity contribution is 0.687. The van der Waals surface area contributed by atoms with E-state index in [1.807, 2.05) is 54.6 Å². The molecule has 1 unspecified atom stereocenters. The third kappa shape index (κ3) is 3.74. The van der Waals surface area contributed by atoms with E-state index in [4.69, 9.17) is 33.2 Å². The van der Waals surface area contributed by atoms with Crippen LogP contribution in [0.5, 0.6) is 0 Å². The van der Waals surface area contributed by atoms with Gasteiger partial charge in [-0.1, -0.05) is 47.5 Å². The van der Waals surface area contributed by atoms with Gasteiger partial charge in [-0.3, -0.25) is 4.21 Å². The lowest BCUT2D eigenvalue weighted by Crippen LogP contribution is -1.96. The summed E-state index contributed by atoms with van der Waals surface area (Å²) in [5, 5.41) is 1.27. The molecule has 1 atom stereocenters. The number of fused-ring (bicyclic) bond motifs is 1. The number of hydrogen-bond donors (Lipinski definition) is 0. The predicted molar refractivity (Wildman–Crippen MR) is 113 cm³/mol. The first kappa shape index (κ1) is 18.1. The summed E-state index contributed by atoms with van der Waals surface area (Å²) in [6, 6.07) is 20.5. The fourth-order valence-electron chi connectivity index (χ4n) is 2.84. The third-order valence-corrected chi connectivity index (χ3v) is 5.63. The molecule has 0 aliphatic carbocycles. The van der Waals surface area contributed by atoms with E-state index in [9.17, 15) is 4.21 Å². The molecule has 1 heterocycles. The van der Waals surface area contributed by atoms with E-state index in [-0.39, 0.29) is 0 Å². The van der Waals surface area contributed by atoms with Gasteiger partial charge < -0.3 is 0 Å². The molecule has 3 nitrogen and oxygen atoms in total. The number of hydrogen-bond acceptors (Lipinski definition) is 3. The molecule has 1 aromatic heterocycles. The second-order valence-corrected chi connectivity index (χ2v) is 8.29. The first-order valence-electron chi connectivity index (χ1n) is 8.18. The van der Waals surface area contributed by atoms with Gasteiger partial charge in [0.25, 0.3) is 0 Å². The summed E-state index contributed by atoms with van der Waals surface area (Å²) in [6.45, 7) is 0. The number of aromatic nitrogens is 2. The largest absolute Gasteiger partial charge is 0.255 e. The highest BCUT2D eigenvalue weighted by Gasteiger charge is 2.14.